The Morgan fingerprint density at radius 3 is 2.85 bits per heavy atom. The Labute approximate surface area is 115 Å². The van der Waals surface area contributed by atoms with E-state index in [0.29, 0.717) is 11.4 Å². The first-order chi connectivity index (χ1) is 9.56. The van der Waals surface area contributed by atoms with E-state index in [0.717, 1.165) is 0 Å². The molecule has 6 N–H and O–H groups in total. The van der Waals surface area contributed by atoms with E-state index in [-0.39, 0.29) is 30.4 Å². The number of nitrogens with two attached hydrogens (primary N) is 1. The van der Waals surface area contributed by atoms with Gasteiger partial charge >= 0.3 is 0 Å². The van der Waals surface area contributed by atoms with Gasteiger partial charge in [-0.1, -0.05) is 6.07 Å². The summed E-state index contributed by atoms with van der Waals surface area (Å²) in [6.07, 6.45) is 3.53. The summed E-state index contributed by atoms with van der Waals surface area (Å²) in [5.41, 5.74) is 6.46. The topological polar surface area (TPSA) is 124 Å². The minimum absolute atomic E-state index is 0.204. The van der Waals surface area contributed by atoms with Gasteiger partial charge in [0.05, 0.1) is 12.6 Å². The molecule has 0 spiro atoms. The van der Waals surface area contributed by atoms with Crippen LogP contribution in [0, 0.1) is 0 Å². The standard InChI is InChI=1S/C13H16N4O3/c14-9(5-8-1-2-10(18)11(19)6-8)13(20)17-7-12-15-3-4-16-12/h1-4,6,9,18-19H,5,7,14H2,(H,15,16)(H,17,20)/t9-/m0/s1. The van der Waals surface area contributed by atoms with Crippen LogP contribution in [0.1, 0.15) is 11.4 Å². The third-order valence-corrected chi connectivity index (χ3v) is 2.82. The van der Waals surface area contributed by atoms with Gasteiger partial charge < -0.3 is 26.2 Å². The van der Waals surface area contributed by atoms with Gasteiger partial charge in [0, 0.05) is 12.4 Å². The number of nitrogens with one attached hydrogen (secondary N) is 2. The zero-order valence-corrected chi connectivity index (χ0v) is 10.7. The van der Waals surface area contributed by atoms with Crippen molar-refractivity contribution in [3.63, 3.8) is 0 Å². The van der Waals surface area contributed by atoms with Crippen LogP contribution in [0.4, 0.5) is 0 Å². The number of benzene rings is 1. The molecule has 0 bridgehead atoms. The number of aromatic amines is 1. The zero-order chi connectivity index (χ0) is 14.5. The van der Waals surface area contributed by atoms with E-state index in [1.54, 1.807) is 18.5 Å². The fourth-order valence-corrected chi connectivity index (χ4v) is 1.74. The molecule has 0 unspecified atom stereocenters. The third-order valence-electron chi connectivity index (χ3n) is 2.82. The van der Waals surface area contributed by atoms with Crippen molar-refractivity contribution in [2.24, 2.45) is 5.73 Å². The third kappa shape index (κ3) is 3.48. The van der Waals surface area contributed by atoms with Gasteiger partial charge in [0.1, 0.15) is 5.82 Å². The van der Waals surface area contributed by atoms with E-state index in [4.69, 9.17) is 5.73 Å². The number of amides is 1. The van der Waals surface area contributed by atoms with Crippen LogP contribution >= 0.6 is 0 Å². The molecule has 2 rings (SSSR count). The molecule has 1 aromatic carbocycles. The number of nitrogens with zero attached hydrogens (tertiary/aromatic N) is 1. The van der Waals surface area contributed by atoms with Crippen molar-refractivity contribution in [1.29, 1.82) is 0 Å². The number of carbonyl (C=O) groups excluding carboxylic acids is 1. The molecule has 7 heteroatoms. The zero-order valence-electron chi connectivity index (χ0n) is 10.7. The van der Waals surface area contributed by atoms with Crippen molar-refractivity contribution in [3.05, 3.63) is 42.0 Å². The van der Waals surface area contributed by atoms with Crippen molar-refractivity contribution >= 4 is 5.91 Å². The lowest BCUT2D eigenvalue weighted by molar-refractivity contribution is -0.122. The Kier molecular flexibility index (Phi) is 4.21. The van der Waals surface area contributed by atoms with Crippen molar-refractivity contribution < 1.29 is 15.0 Å². The second-order valence-electron chi connectivity index (χ2n) is 4.39. The number of carbonyl (C=O) groups is 1. The maximum absolute atomic E-state index is 11.8. The number of aromatic hydroxyl groups is 2. The Balaban J connectivity index is 1.88. The molecule has 0 aliphatic rings. The summed E-state index contributed by atoms with van der Waals surface area (Å²) in [7, 11) is 0. The number of imidazole rings is 1. The molecule has 1 heterocycles. The first-order valence-electron chi connectivity index (χ1n) is 6.08. The molecule has 20 heavy (non-hydrogen) atoms. The summed E-state index contributed by atoms with van der Waals surface area (Å²) in [4.78, 5) is 18.7. The van der Waals surface area contributed by atoms with Crippen molar-refractivity contribution in [2.75, 3.05) is 0 Å². The molecule has 1 amide bonds. The van der Waals surface area contributed by atoms with Gasteiger partial charge in [0.2, 0.25) is 5.91 Å². The van der Waals surface area contributed by atoms with Crippen LogP contribution in [0.5, 0.6) is 11.5 Å². The normalized spacial score (nSPS) is 12.1. The van der Waals surface area contributed by atoms with E-state index in [1.165, 1.54) is 12.1 Å². The minimum atomic E-state index is -0.742. The summed E-state index contributed by atoms with van der Waals surface area (Å²) >= 11 is 0. The lowest BCUT2D eigenvalue weighted by Crippen LogP contribution is -2.41. The summed E-state index contributed by atoms with van der Waals surface area (Å²) in [5.74, 6) is -0.0999. The Hall–Kier alpha value is -2.54. The van der Waals surface area contributed by atoms with Crippen LogP contribution in [-0.4, -0.2) is 32.1 Å². The van der Waals surface area contributed by atoms with Crippen LogP contribution in [-0.2, 0) is 17.8 Å². The average molecular weight is 276 g/mol. The number of phenols is 2. The number of hydrogen-bond acceptors (Lipinski definition) is 5. The number of phenolic OH excluding ortho intramolecular Hbond substituents is 2. The Morgan fingerprint density at radius 1 is 1.40 bits per heavy atom. The maximum atomic E-state index is 11.8. The Bertz CT molecular complexity index is 583. The highest BCUT2D eigenvalue weighted by atomic mass is 16.3. The van der Waals surface area contributed by atoms with E-state index in [1.807, 2.05) is 0 Å². The molecule has 2 aromatic rings. The first kappa shape index (κ1) is 13.9. The Morgan fingerprint density at radius 2 is 2.20 bits per heavy atom. The van der Waals surface area contributed by atoms with Crippen LogP contribution < -0.4 is 11.1 Å². The molecule has 0 aliphatic carbocycles. The summed E-state index contributed by atoms with van der Waals surface area (Å²) in [5, 5.41) is 21.2. The van der Waals surface area contributed by atoms with E-state index in [2.05, 4.69) is 15.3 Å². The highest BCUT2D eigenvalue weighted by Gasteiger charge is 2.15. The average Bonchev–Trinajstić information content (AvgIpc) is 2.93. The second-order valence-corrected chi connectivity index (χ2v) is 4.39. The number of H-pyrrole nitrogens is 1. The van der Waals surface area contributed by atoms with E-state index < -0.39 is 6.04 Å². The molecular weight excluding hydrogens is 260 g/mol. The molecule has 0 saturated heterocycles. The fraction of sp³-hybridized carbons (Fsp3) is 0.231. The van der Waals surface area contributed by atoms with Crippen molar-refractivity contribution in [2.45, 2.75) is 19.0 Å². The van der Waals surface area contributed by atoms with Crippen LogP contribution in [0.15, 0.2) is 30.6 Å². The monoisotopic (exact) mass is 276 g/mol. The van der Waals surface area contributed by atoms with Crippen molar-refractivity contribution in [3.8, 4) is 11.5 Å². The first-order valence-corrected chi connectivity index (χ1v) is 6.08. The smallest absolute Gasteiger partial charge is 0.237 e. The second kappa shape index (κ2) is 6.07. The SMILES string of the molecule is N[C@@H](Cc1ccc(O)c(O)c1)C(=O)NCc1ncc[nH]1. The predicted molar refractivity (Wildman–Crippen MR) is 71.9 cm³/mol. The van der Waals surface area contributed by atoms with Crippen LogP contribution in [0.2, 0.25) is 0 Å². The molecule has 0 aliphatic heterocycles. The molecule has 7 nitrogen and oxygen atoms in total. The van der Waals surface area contributed by atoms with Gasteiger partial charge in [0.25, 0.3) is 0 Å². The van der Waals surface area contributed by atoms with Gasteiger partial charge in [0.15, 0.2) is 11.5 Å². The van der Waals surface area contributed by atoms with Crippen LogP contribution in [0.3, 0.4) is 0 Å². The highest BCUT2D eigenvalue weighted by Crippen LogP contribution is 2.25. The van der Waals surface area contributed by atoms with Gasteiger partial charge in [-0.25, -0.2) is 4.98 Å². The molecule has 0 fully saturated rings. The lowest BCUT2D eigenvalue weighted by Gasteiger charge is -2.12. The molecule has 1 aromatic heterocycles. The summed E-state index contributed by atoms with van der Waals surface area (Å²) in [6, 6.07) is 3.61. The lowest BCUT2D eigenvalue weighted by atomic mass is 10.1. The van der Waals surface area contributed by atoms with E-state index in [9.17, 15) is 15.0 Å². The number of hydrogen-bond donors (Lipinski definition) is 5. The largest absolute Gasteiger partial charge is 0.504 e. The molecule has 0 radical (unpaired) electrons. The summed E-state index contributed by atoms with van der Waals surface area (Å²) < 4.78 is 0. The fourth-order valence-electron chi connectivity index (χ4n) is 1.74. The summed E-state index contributed by atoms with van der Waals surface area (Å²) in [6.45, 7) is 0.278. The maximum Gasteiger partial charge on any atom is 0.237 e. The highest BCUT2D eigenvalue weighted by molar-refractivity contribution is 5.81. The molecule has 106 valence electrons. The quantitative estimate of drug-likeness (QED) is 0.492. The van der Waals surface area contributed by atoms with Gasteiger partial charge in [-0.3, -0.25) is 4.79 Å². The minimum Gasteiger partial charge on any atom is -0.504 e. The predicted octanol–water partition coefficient (Wildman–Crippen LogP) is 0.00710. The molecule has 1 atom stereocenters. The number of aromatic nitrogens is 2. The van der Waals surface area contributed by atoms with Gasteiger partial charge in [-0.05, 0) is 24.1 Å². The van der Waals surface area contributed by atoms with E-state index >= 15 is 0 Å². The molecular formula is C13H16N4O3. The van der Waals surface area contributed by atoms with Gasteiger partial charge in [-0.15, -0.1) is 0 Å². The molecule has 0 saturated carbocycles. The van der Waals surface area contributed by atoms with Crippen molar-refractivity contribution in [1.82, 2.24) is 15.3 Å². The number of rotatable bonds is 5. The van der Waals surface area contributed by atoms with Crippen LogP contribution in [0.25, 0.3) is 0 Å². The van der Waals surface area contributed by atoms with Gasteiger partial charge in [-0.2, -0.15) is 0 Å².